The van der Waals surface area contributed by atoms with E-state index in [1.807, 2.05) is 66.9 Å². The average molecular weight is 520 g/mol. The second-order valence-corrected chi connectivity index (χ2v) is 9.93. The second kappa shape index (κ2) is 12.2. The molecule has 1 heterocycles. The molecule has 184 valence electrons. The van der Waals surface area contributed by atoms with Gasteiger partial charge in [-0.15, -0.1) is 23.1 Å². The summed E-state index contributed by atoms with van der Waals surface area (Å²) in [5.74, 6) is 0.979. The molecule has 4 rings (SSSR count). The van der Waals surface area contributed by atoms with Crippen LogP contribution in [-0.4, -0.2) is 35.8 Å². The lowest BCUT2D eigenvalue weighted by Crippen LogP contribution is -2.22. The molecule has 36 heavy (non-hydrogen) atoms. The molecular formula is C27H25N3O4S2. The van der Waals surface area contributed by atoms with Crippen molar-refractivity contribution in [2.75, 3.05) is 24.4 Å². The van der Waals surface area contributed by atoms with Crippen molar-refractivity contribution in [3.63, 3.8) is 0 Å². The van der Waals surface area contributed by atoms with Gasteiger partial charge in [0, 0.05) is 21.5 Å². The van der Waals surface area contributed by atoms with Crippen LogP contribution in [0.5, 0.6) is 11.5 Å². The van der Waals surface area contributed by atoms with Crippen molar-refractivity contribution in [2.45, 2.75) is 17.1 Å². The fourth-order valence-corrected chi connectivity index (χ4v) is 4.84. The molecule has 3 aromatic carbocycles. The van der Waals surface area contributed by atoms with Crippen molar-refractivity contribution in [1.82, 2.24) is 4.98 Å². The van der Waals surface area contributed by atoms with Gasteiger partial charge in [0.05, 0.1) is 18.1 Å². The van der Waals surface area contributed by atoms with Gasteiger partial charge in [0.1, 0.15) is 11.5 Å². The Morgan fingerprint density at radius 2 is 1.69 bits per heavy atom. The van der Waals surface area contributed by atoms with Crippen LogP contribution in [0, 0.1) is 0 Å². The molecule has 0 aliphatic heterocycles. The monoisotopic (exact) mass is 519 g/mol. The molecule has 4 aromatic rings. The summed E-state index contributed by atoms with van der Waals surface area (Å²) in [7, 11) is 1.62. The lowest BCUT2D eigenvalue weighted by atomic mass is 10.1. The van der Waals surface area contributed by atoms with E-state index in [0.717, 1.165) is 21.9 Å². The van der Waals surface area contributed by atoms with E-state index < -0.39 is 0 Å². The lowest BCUT2D eigenvalue weighted by Gasteiger charge is -2.11. The molecule has 0 fully saturated rings. The number of para-hydroxylation sites is 2. The minimum absolute atomic E-state index is 0.0761. The molecule has 1 aromatic heterocycles. The van der Waals surface area contributed by atoms with E-state index in [-0.39, 0.29) is 23.7 Å². The van der Waals surface area contributed by atoms with Crippen LogP contribution < -0.4 is 20.1 Å². The largest absolute Gasteiger partial charge is 0.496 e. The zero-order valence-corrected chi connectivity index (χ0v) is 21.4. The third-order valence-electron chi connectivity index (χ3n) is 5.05. The molecule has 9 heteroatoms. The molecule has 0 aliphatic rings. The molecule has 0 saturated carbocycles. The number of carbonyl (C=O) groups excluding carboxylic acids is 2. The minimum atomic E-state index is -0.344. The molecule has 1 unspecified atom stereocenters. The number of carbonyl (C=O) groups is 2. The van der Waals surface area contributed by atoms with Crippen molar-refractivity contribution in [1.29, 1.82) is 0 Å². The molecule has 1 atom stereocenters. The Morgan fingerprint density at radius 3 is 2.44 bits per heavy atom. The number of methoxy groups -OCH3 is 1. The number of amides is 2. The number of nitrogens with one attached hydrogen (secondary N) is 2. The molecule has 0 spiro atoms. The van der Waals surface area contributed by atoms with E-state index >= 15 is 0 Å². The van der Waals surface area contributed by atoms with Gasteiger partial charge in [-0.3, -0.25) is 9.59 Å². The van der Waals surface area contributed by atoms with Gasteiger partial charge >= 0.3 is 0 Å². The Bertz CT molecular complexity index is 1310. The van der Waals surface area contributed by atoms with Crippen molar-refractivity contribution < 1.29 is 19.1 Å². The van der Waals surface area contributed by atoms with Crippen LogP contribution in [0.1, 0.15) is 6.92 Å². The summed E-state index contributed by atoms with van der Waals surface area (Å²) in [6.07, 6.45) is 0. The standard InChI is InChI=1S/C27H25N3O4S2/c1-18(26(32)30-27-29-23(17-35-27)22-10-6-7-11-24(22)33-2)36-21-14-12-19(13-15-21)28-25(31)16-34-20-8-4-3-5-9-20/h3-15,17-18H,16H2,1-2H3,(H,28,31)(H,29,30,32). The van der Waals surface area contributed by atoms with Crippen molar-refractivity contribution in [3.05, 3.63) is 84.2 Å². The Kier molecular flexibility index (Phi) is 8.59. The molecule has 0 saturated heterocycles. The van der Waals surface area contributed by atoms with Gasteiger partial charge in [0.2, 0.25) is 5.91 Å². The van der Waals surface area contributed by atoms with E-state index in [1.54, 1.807) is 31.4 Å². The van der Waals surface area contributed by atoms with Crippen LogP contribution in [0.2, 0.25) is 0 Å². The van der Waals surface area contributed by atoms with Gasteiger partial charge in [0.25, 0.3) is 5.91 Å². The SMILES string of the molecule is COc1ccccc1-c1csc(NC(=O)C(C)Sc2ccc(NC(=O)COc3ccccc3)cc2)n1. The number of thioether (sulfide) groups is 1. The molecule has 0 aliphatic carbocycles. The van der Waals surface area contributed by atoms with Gasteiger partial charge in [-0.05, 0) is 55.5 Å². The number of nitrogens with zero attached hydrogens (tertiary/aromatic N) is 1. The summed E-state index contributed by atoms with van der Waals surface area (Å²) in [4.78, 5) is 30.3. The minimum Gasteiger partial charge on any atom is -0.496 e. The number of thiazole rings is 1. The number of ether oxygens (including phenoxy) is 2. The number of anilines is 2. The highest BCUT2D eigenvalue weighted by atomic mass is 32.2. The van der Waals surface area contributed by atoms with Gasteiger partial charge in [0.15, 0.2) is 11.7 Å². The average Bonchev–Trinajstić information content (AvgIpc) is 3.37. The van der Waals surface area contributed by atoms with Crippen LogP contribution in [0.25, 0.3) is 11.3 Å². The van der Waals surface area contributed by atoms with Gasteiger partial charge in [-0.2, -0.15) is 0 Å². The summed E-state index contributed by atoms with van der Waals surface area (Å²) >= 11 is 2.79. The van der Waals surface area contributed by atoms with E-state index in [1.165, 1.54) is 23.1 Å². The maximum absolute atomic E-state index is 12.7. The van der Waals surface area contributed by atoms with Crippen molar-refractivity contribution in [3.8, 4) is 22.8 Å². The van der Waals surface area contributed by atoms with Gasteiger partial charge in [-0.25, -0.2) is 4.98 Å². The summed E-state index contributed by atoms with van der Waals surface area (Å²) in [5, 5.41) is 7.77. The molecule has 2 N–H and O–H groups in total. The summed E-state index contributed by atoms with van der Waals surface area (Å²) in [6.45, 7) is 1.76. The molecule has 0 radical (unpaired) electrons. The van der Waals surface area contributed by atoms with Crippen LogP contribution in [0.15, 0.2) is 89.1 Å². The van der Waals surface area contributed by atoms with E-state index in [4.69, 9.17) is 9.47 Å². The van der Waals surface area contributed by atoms with E-state index in [2.05, 4.69) is 15.6 Å². The fourth-order valence-electron chi connectivity index (χ4n) is 3.26. The van der Waals surface area contributed by atoms with Crippen LogP contribution >= 0.6 is 23.1 Å². The predicted octanol–water partition coefficient (Wildman–Crippen LogP) is 5.96. The third-order valence-corrected chi connectivity index (χ3v) is 6.92. The molecule has 0 bridgehead atoms. The Morgan fingerprint density at radius 1 is 0.972 bits per heavy atom. The summed E-state index contributed by atoms with van der Waals surface area (Å²) in [5.41, 5.74) is 2.28. The van der Waals surface area contributed by atoms with E-state index in [0.29, 0.717) is 16.6 Å². The highest BCUT2D eigenvalue weighted by Crippen LogP contribution is 2.32. The summed E-state index contributed by atoms with van der Waals surface area (Å²) < 4.78 is 10.9. The summed E-state index contributed by atoms with van der Waals surface area (Å²) in [6, 6.07) is 24.1. The third kappa shape index (κ3) is 6.87. The fraction of sp³-hybridized carbons (Fsp3) is 0.148. The zero-order valence-electron chi connectivity index (χ0n) is 19.8. The maximum Gasteiger partial charge on any atom is 0.262 e. The smallest absolute Gasteiger partial charge is 0.262 e. The molecule has 2 amide bonds. The Labute approximate surface area is 217 Å². The first kappa shape index (κ1) is 25.3. The van der Waals surface area contributed by atoms with Gasteiger partial charge in [-0.1, -0.05) is 30.3 Å². The zero-order chi connectivity index (χ0) is 25.3. The lowest BCUT2D eigenvalue weighted by molar-refractivity contribution is -0.118. The Hall–Kier alpha value is -3.82. The number of hydrogen-bond acceptors (Lipinski definition) is 7. The van der Waals surface area contributed by atoms with Crippen LogP contribution in [0.4, 0.5) is 10.8 Å². The van der Waals surface area contributed by atoms with Crippen LogP contribution in [-0.2, 0) is 9.59 Å². The quantitative estimate of drug-likeness (QED) is 0.252. The number of hydrogen-bond donors (Lipinski definition) is 2. The maximum atomic E-state index is 12.7. The van der Waals surface area contributed by atoms with Crippen molar-refractivity contribution in [2.24, 2.45) is 0 Å². The van der Waals surface area contributed by atoms with Crippen molar-refractivity contribution >= 4 is 45.7 Å². The second-order valence-electron chi connectivity index (χ2n) is 7.66. The Balaban J connectivity index is 1.27. The van der Waals surface area contributed by atoms with Gasteiger partial charge < -0.3 is 20.1 Å². The van der Waals surface area contributed by atoms with E-state index in [9.17, 15) is 9.59 Å². The predicted molar refractivity (Wildman–Crippen MR) is 145 cm³/mol. The molecule has 7 nitrogen and oxygen atoms in total. The van der Waals surface area contributed by atoms with Crippen LogP contribution in [0.3, 0.4) is 0 Å². The highest BCUT2D eigenvalue weighted by Gasteiger charge is 2.17. The number of aromatic nitrogens is 1. The first-order valence-electron chi connectivity index (χ1n) is 11.2. The topological polar surface area (TPSA) is 89.6 Å². The number of rotatable bonds is 10. The first-order valence-corrected chi connectivity index (χ1v) is 12.9. The first-order chi connectivity index (χ1) is 17.5. The normalized spacial score (nSPS) is 11.4. The highest BCUT2D eigenvalue weighted by molar-refractivity contribution is 8.00. The molecular weight excluding hydrogens is 494 g/mol. The number of benzene rings is 3.